The van der Waals surface area contributed by atoms with E-state index in [0.717, 1.165) is 17.3 Å². The number of carbonyl (C=O) groups excluding carboxylic acids is 2. The quantitative estimate of drug-likeness (QED) is 0.911. The molecule has 0 fully saturated rings. The monoisotopic (exact) mass is 341 g/mol. The highest BCUT2D eigenvalue weighted by atomic mass is 35.5. The van der Waals surface area contributed by atoms with Crippen LogP contribution in [-0.4, -0.2) is 33.9 Å². The number of carboxylic acids is 1. The van der Waals surface area contributed by atoms with Gasteiger partial charge in [-0.2, -0.15) is 0 Å². The number of anilines is 1. The van der Waals surface area contributed by atoms with Gasteiger partial charge >= 0.3 is 5.97 Å². The third kappa shape index (κ3) is 3.81. The molecule has 0 aromatic heterocycles. The minimum atomic E-state index is -1.02. The molecule has 0 radical (unpaired) electrons. The highest BCUT2D eigenvalue weighted by Crippen LogP contribution is 2.33. The van der Waals surface area contributed by atoms with Crippen LogP contribution in [0.1, 0.15) is 25.3 Å². The summed E-state index contributed by atoms with van der Waals surface area (Å²) in [5.74, 6) is -0.961. The first-order valence-electron chi connectivity index (χ1n) is 6.87. The predicted molar refractivity (Wildman–Crippen MR) is 86.4 cm³/mol. The molecule has 0 unspecified atom stereocenters. The molecule has 2 rings (SSSR count). The van der Waals surface area contributed by atoms with Crippen molar-refractivity contribution in [2.45, 2.75) is 32.2 Å². The van der Waals surface area contributed by atoms with Crippen molar-refractivity contribution in [1.29, 1.82) is 0 Å². The Kier molecular flexibility index (Phi) is 5.47. The van der Waals surface area contributed by atoms with E-state index < -0.39 is 12.0 Å². The summed E-state index contributed by atoms with van der Waals surface area (Å²) in [5, 5.41) is 9.87. The molecule has 0 spiro atoms. The Bertz CT molecular complexity index is 620. The van der Waals surface area contributed by atoms with Crippen LogP contribution in [0.3, 0.4) is 0 Å². The van der Waals surface area contributed by atoms with E-state index in [1.165, 1.54) is 11.8 Å². The largest absolute Gasteiger partial charge is 0.480 e. The van der Waals surface area contributed by atoms with Crippen molar-refractivity contribution in [2.24, 2.45) is 0 Å². The van der Waals surface area contributed by atoms with E-state index >= 15 is 0 Å². The van der Waals surface area contributed by atoms with Gasteiger partial charge in [-0.05, 0) is 36.6 Å². The SMILES string of the molecule is CC(=O)SCCC(=O)N1c2ccc(Cl)cc2CC[C@H]1C(=O)O. The van der Waals surface area contributed by atoms with Gasteiger partial charge in [0.2, 0.25) is 5.91 Å². The first-order chi connectivity index (χ1) is 10.4. The first kappa shape index (κ1) is 16.8. The molecule has 1 aromatic carbocycles. The molecule has 0 bridgehead atoms. The third-order valence-corrected chi connectivity index (χ3v) is 4.52. The topological polar surface area (TPSA) is 74.7 Å². The van der Waals surface area contributed by atoms with Crippen LogP contribution in [0.15, 0.2) is 18.2 Å². The summed E-state index contributed by atoms with van der Waals surface area (Å²) in [4.78, 5) is 36.2. The maximum Gasteiger partial charge on any atom is 0.326 e. The Labute approximate surface area is 137 Å². The van der Waals surface area contributed by atoms with Crippen molar-refractivity contribution < 1.29 is 19.5 Å². The van der Waals surface area contributed by atoms with E-state index in [2.05, 4.69) is 0 Å². The number of thioether (sulfide) groups is 1. The summed E-state index contributed by atoms with van der Waals surface area (Å²) in [5.41, 5.74) is 1.47. The zero-order chi connectivity index (χ0) is 16.3. The Morgan fingerprint density at radius 3 is 2.77 bits per heavy atom. The van der Waals surface area contributed by atoms with E-state index in [4.69, 9.17) is 11.6 Å². The Balaban J connectivity index is 2.25. The predicted octanol–water partition coefficient (Wildman–Crippen LogP) is 2.74. The van der Waals surface area contributed by atoms with Crippen LogP contribution in [-0.2, 0) is 20.8 Å². The first-order valence-corrected chi connectivity index (χ1v) is 8.23. The summed E-state index contributed by atoms with van der Waals surface area (Å²) in [7, 11) is 0. The maximum atomic E-state index is 12.4. The molecule has 22 heavy (non-hydrogen) atoms. The van der Waals surface area contributed by atoms with Crippen LogP contribution in [0.4, 0.5) is 5.69 Å². The van der Waals surface area contributed by atoms with E-state index in [9.17, 15) is 19.5 Å². The Hall–Kier alpha value is -1.53. The van der Waals surface area contributed by atoms with Crippen molar-refractivity contribution in [3.05, 3.63) is 28.8 Å². The molecule has 1 aromatic rings. The van der Waals surface area contributed by atoms with E-state index in [1.807, 2.05) is 0 Å². The molecule has 1 N–H and O–H groups in total. The third-order valence-electron chi connectivity index (χ3n) is 3.47. The number of nitrogens with zero attached hydrogens (tertiary/aromatic N) is 1. The summed E-state index contributed by atoms with van der Waals surface area (Å²) >= 11 is 7.02. The van der Waals surface area contributed by atoms with Gasteiger partial charge < -0.3 is 5.11 Å². The van der Waals surface area contributed by atoms with Crippen molar-refractivity contribution in [1.82, 2.24) is 0 Å². The molecule has 7 heteroatoms. The molecule has 0 saturated heterocycles. The normalized spacial score (nSPS) is 17.0. The van der Waals surface area contributed by atoms with Gasteiger partial charge in [-0.3, -0.25) is 14.5 Å². The number of benzene rings is 1. The molecule has 1 atom stereocenters. The number of aryl methyl sites for hydroxylation is 1. The molecular weight excluding hydrogens is 326 g/mol. The zero-order valence-corrected chi connectivity index (χ0v) is 13.6. The second kappa shape index (κ2) is 7.15. The molecular formula is C15H16ClNO4S. The number of hydrogen-bond acceptors (Lipinski definition) is 4. The minimum absolute atomic E-state index is 0.0617. The lowest BCUT2D eigenvalue weighted by molar-refractivity contribution is -0.140. The number of halogens is 1. The lowest BCUT2D eigenvalue weighted by atomic mass is 9.95. The molecule has 118 valence electrons. The fraction of sp³-hybridized carbons (Fsp3) is 0.400. The lowest BCUT2D eigenvalue weighted by Gasteiger charge is -2.35. The molecule has 5 nitrogen and oxygen atoms in total. The summed E-state index contributed by atoms with van der Waals surface area (Å²) in [6, 6.07) is 4.22. The van der Waals surface area contributed by atoms with Crippen LogP contribution in [0.25, 0.3) is 0 Å². The standard InChI is InChI=1S/C15H16ClNO4S/c1-9(18)22-7-6-14(19)17-12-5-3-11(16)8-10(12)2-4-13(17)15(20)21/h3,5,8,13H,2,4,6-7H2,1H3,(H,20,21)/t13-/m0/s1. The Morgan fingerprint density at radius 2 is 2.14 bits per heavy atom. The van der Waals surface area contributed by atoms with Gasteiger partial charge in [0.25, 0.3) is 0 Å². The molecule has 1 heterocycles. The van der Waals surface area contributed by atoms with Gasteiger partial charge in [0, 0.05) is 29.8 Å². The number of fused-ring (bicyclic) bond motifs is 1. The molecule has 0 saturated carbocycles. The Morgan fingerprint density at radius 1 is 1.41 bits per heavy atom. The number of carbonyl (C=O) groups is 3. The zero-order valence-electron chi connectivity index (χ0n) is 12.0. The van der Waals surface area contributed by atoms with Gasteiger partial charge in [-0.25, -0.2) is 4.79 Å². The minimum Gasteiger partial charge on any atom is -0.480 e. The average molecular weight is 342 g/mol. The fourth-order valence-electron chi connectivity index (χ4n) is 2.52. The van der Waals surface area contributed by atoms with Crippen molar-refractivity contribution >= 4 is 46.0 Å². The number of amides is 1. The second-order valence-corrected chi connectivity index (χ2v) is 6.73. The van der Waals surface area contributed by atoms with Crippen molar-refractivity contribution in [3.63, 3.8) is 0 Å². The number of rotatable bonds is 4. The molecule has 1 aliphatic rings. The van der Waals surface area contributed by atoms with Crippen LogP contribution in [0.2, 0.25) is 5.02 Å². The van der Waals surface area contributed by atoms with E-state index in [-0.39, 0.29) is 17.4 Å². The van der Waals surface area contributed by atoms with Crippen LogP contribution in [0, 0.1) is 0 Å². The summed E-state index contributed by atoms with van der Waals surface area (Å²) < 4.78 is 0. The fourth-order valence-corrected chi connectivity index (χ4v) is 3.28. The van der Waals surface area contributed by atoms with Crippen LogP contribution in [0.5, 0.6) is 0 Å². The number of aliphatic carboxylic acids is 1. The van der Waals surface area contributed by atoms with Gasteiger partial charge in [0.05, 0.1) is 0 Å². The van der Waals surface area contributed by atoms with E-state index in [0.29, 0.717) is 29.3 Å². The van der Waals surface area contributed by atoms with Gasteiger partial charge in [0.1, 0.15) is 6.04 Å². The van der Waals surface area contributed by atoms with Gasteiger partial charge in [-0.15, -0.1) is 0 Å². The van der Waals surface area contributed by atoms with Gasteiger partial charge in [0.15, 0.2) is 5.12 Å². The number of carboxylic acid groups (broad SMARTS) is 1. The van der Waals surface area contributed by atoms with Crippen molar-refractivity contribution in [2.75, 3.05) is 10.7 Å². The highest BCUT2D eigenvalue weighted by Gasteiger charge is 2.35. The average Bonchev–Trinajstić information content (AvgIpc) is 2.44. The lowest BCUT2D eigenvalue weighted by Crippen LogP contribution is -2.48. The summed E-state index contributed by atoms with van der Waals surface area (Å²) in [6.07, 6.45) is 1.04. The van der Waals surface area contributed by atoms with Crippen LogP contribution >= 0.6 is 23.4 Å². The van der Waals surface area contributed by atoms with E-state index in [1.54, 1.807) is 18.2 Å². The maximum absolute atomic E-state index is 12.4. The molecule has 0 aliphatic carbocycles. The summed E-state index contributed by atoms with van der Waals surface area (Å²) in [6.45, 7) is 1.44. The highest BCUT2D eigenvalue weighted by molar-refractivity contribution is 8.13. The van der Waals surface area contributed by atoms with Crippen molar-refractivity contribution in [3.8, 4) is 0 Å². The van der Waals surface area contributed by atoms with Gasteiger partial charge in [-0.1, -0.05) is 23.4 Å². The second-order valence-electron chi connectivity index (χ2n) is 5.02. The number of hydrogen-bond donors (Lipinski definition) is 1. The molecule has 1 amide bonds. The molecule has 1 aliphatic heterocycles. The van der Waals surface area contributed by atoms with Crippen LogP contribution < -0.4 is 4.90 Å². The smallest absolute Gasteiger partial charge is 0.326 e.